The zero-order valence-corrected chi connectivity index (χ0v) is 22.9. The Kier molecular flexibility index (Phi) is 5.76. The molecule has 0 N–H and O–H groups in total. The van der Waals surface area contributed by atoms with Crippen molar-refractivity contribution in [2.45, 2.75) is 72.5 Å². The Morgan fingerprint density at radius 1 is 0.750 bits per heavy atom. The van der Waals surface area contributed by atoms with Gasteiger partial charge in [0.25, 0.3) is 0 Å². The Labute approximate surface area is 237 Å². The Balaban J connectivity index is 2.18. The summed E-state index contributed by atoms with van der Waals surface area (Å²) in [5.41, 5.74) is -8.77. The van der Waals surface area contributed by atoms with E-state index in [2.05, 4.69) is 10.2 Å². The molecule has 0 radical (unpaired) electrons. The maximum atomic E-state index is 14.7. The largest absolute Gasteiger partial charge is 0.417 e. The summed E-state index contributed by atoms with van der Waals surface area (Å²) in [4.78, 5) is 0. The highest BCUT2D eigenvalue weighted by atomic mass is 19.4. The molecular formula is C32H32F6N2. The zero-order valence-electron chi connectivity index (χ0n) is 27.9. The van der Waals surface area contributed by atoms with E-state index < -0.39 is 69.9 Å². The van der Waals surface area contributed by atoms with Gasteiger partial charge in [0.1, 0.15) is 0 Å². The minimum absolute atomic E-state index is 0.135. The molecule has 4 aromatic rings. The molecule has 0 unspecified atom stereocenters. The summed E-state index contributed by atoms with van der Waals surface area (Å²) in [6.45, 7) is 6.63. The highest BCUT2D eigenvalue weighted by Gasteiger charge is 2.42. The minimum Gasteiger partial charge on any atom is -0.166 e. The Bertz CT molecular complexity index is 1730. The first-order valence-electron chi connectivity index (χ1n) is 15.0. The van der Waals surface area contributed by atoms with Crippen molar-refractivity contribution in [1.82, 2.24) is 10.2 Å². The normalized spacial score (nSPS) is 15.8. The molecule has 1 heterocycles. The lowest BCUT2D eigenvalue weighted by atomic mass is 9.82. The summed E-state index contributed by atoms with van der Waals surface area (Å²) in [7, 11) is 0. The Hall–Kier alpha value is -3.42. The fourth-order valence-electron chi connectivity index (χ4n) is 4.69. The van der Waals surface area contributed by atoms with Gasteiger partial charge in [0.2, 0.25) is 0 Å². The van der Waals surface area contributed by atoms with Crippen LogP contribution < -0.4 is 0 Å². The van der Waals surface area contributed by atoms with Gasteiger partial charge in [-0.05, 0) is 76.3 Å². The van der Waals surface area contributed by atoms with Crippen LogP contribution in [-0.4, -0.2) is 10.2 Å². The van der Waals surface area contributed by atoms with Crippen molar-refractivity contribution in [3.8, 4) is 22.4 Å². The van der Waals surface area contributed by atoms with Crippen LogP contribution in [0, 0.1) is 12.3 Å². The van der Waals surface area contributed by atoms with Gasteiger partial charge in [0.15, 0.2) is 0 Å². The molecule has 0 bridgehead atoms. The average Bonchev–Trinajstić information content (AvgIpc) is 2.88. The summed E-state index contributed by atoms with van der Waals surface area (Å²) < 4.78 is 129. The van der Waals surface area contributed by atoms with Gasteiger partial charge in [-0.25, -0.2) is 0 Å². The van der Waals surface area contributed by atoms with E-state index in [9.17, 15) is 26.3 Å². The van der Waals surface area contributed by atoms with Crippen molar-refractivity contribution in [3.05, 3.63) is 82.5 Å². The number of hydrogen-bond acceptors (Lipinski definition) is 2. The first-order valence-corrected chi connectivity index (χ1v) is 12.5. The summed E-state index contributed by atoms with van der Waals surface area (Å²) in [6, 6.07) is 12.2. The van der Waals surface area contributed by atoms with Gasteiger partial charge < -0.3 is 0 Å². The van der Waals surface area contributed by atoms with E-state index in [-0.39, 0.29) is 5.69 Å². The van der Waals surface area contributed by atoms with E-state index in [0.29, 0.717) is 17.7 Å². The van der Waals surface area contributed by atoms with Crippen LogP contribution in [0.5, 0.6) is 0 Å². The molecule has 212 valence electrons. The maximum Gasteiger partial charge on any atom is 0.417 e. The third kappa shape index (κ3) is 6.16. The number of hydrogen-bond donors (Lipinski definition) is 0. The fraction of sp³-hybridized carbons (Fsp3) is 0.375. The predicted molar refractivity (Wildman–Crippen MR) is 147 cm³/mol. The number of halogens is 6. The fourth-order valence-corrected chi connectivity index (χ4v) is 4.69. The van der Waals surface area contributed by atoms with Crippen molar-refractivity contribution in [2.24, 2.45) is 5.41 Å². The number of aryl methyl sites for hydroxylation is 1. The second-order valence-corrected chi connectivity index (χ2v) is 11.8. The highest BCUT2D eigenvalue weighted by molar-refractivity contribution is 5.91. The molecule has 0 aliphatic carbocycles. The van der Waals surface area contributed by atoms with Gasteiger partial charge in [-0.2, -0.15) is 36.5 Å². The van der Waals surface area contributed by atoms with E-state index >= 15 is 0 Å². The van der Waals surface area contributed by atoms with E-state index in [1.54, 1.807) is 24.3 Å². The summed E-state index contributed by atoms with van der Waals surface area (Å²) in [6.07, 6.45) is -13.5. The van der Waals surface area contributed by atoms with Crippen molar-refractivity contribution in [2.75, 3.05) is 0 Å². The van der Waals surface area contributed by atoms with Crippen molar-refractivity contribution < 1.29 is 33.2 Å². The lowest BCUT2D eigenvalue weighted by Crippen LogP contribution is -2.18. The van der Waals surface area contributed by atoms with Gasteiger partial charge in [0, 0.05) is 23.5 Å². The van der Waals surface area contributed by atoms with Crippen molar-refractivity contribution >= 4 is 10.8 Å². The van der Waals surface area contributed by atoms with Gasteiger partial charge >= 0.3 is 12.4 Å². The lowest BCUT2D eigenvalue weighted by molar-refractivity contribution is -0.142. The maximum absolute atomic E-state index is 14.7. The standard InChI is InChI=1S/C32H32F6N2/c1-18-23(28-25(31(33,34)35)12-19(17-29(2,3)4)13-26(28)32(36,37)38)16-27(40-39-18)21-14-20-10-8-9-11-22(20)24(15-21)30(5,6)7/h8-16H,17H2,1-7H3/i1D3,17D2. The second-order valence-electron chi connectivity index (χ2n) is 11.8. The van der Waals surface area contributed by atoms with Crippen LogP contribution in [0.2, 0.25) is 0 Å². The van der Waals surface area contributed by atoms with Crippen LogP contribution in [0.1, 0.15) is 76.3 Å². The summed E-state index contributed by atoms with van der Waals surface area (Å²) in [5.74, 6) is 0. The molecule has 0 aliphatic heterocycles. The first kappa shape index (κ1) is 23.3. The molecule has 0 atom stereocenters. The average molecular weight is 564 g/mol. The predicted octanol–water partition coefficient (Wildman–Crippen LogP) is 10.2. The highest BCUT2D eigenvalue weighted by Crippen LogP contribution is 2.47. The number of nitrogens with zero attached hydrogens (tertiary/aromatic N) is 2. The molecule has 0 amide bonds. The second kappa shape index (κ2) is 9.89. The monoisotopic (exact) mass is 563 g/mol. The Morgan fingerprint density at radius 2 is 1.35 bits per heavy atom. The molecule has 0 aliphatic rings. The van der Waals surface area contributed by atoms with Crippen LogP contribution in [0.4, 0.5) is 26.3 Å². The molecule has 0 saturated heterocycles. The van der Waals surface area contributed by atoms with Crippen LogP contribution in [0.15, 0.2) is 54.6 Å². The van der Waals surface area contributed by atoms with Crippen molar-refractivity contribution in [3.63, 3.8) is 0 Å². The van der Waals surface area contributed by atoms with Gasteiger partial charge in [-0.15, -0.1) is 0 Å². The quantitative estimate of drug-likeness (QED) is 0.232. The van der Waals surface area contributed by atoms with E-state index in [1.807, 2.05) is 32.9 Å². The molecule has 2 nitrogen and oxygen atoms in total. The number of aromatic nitrogens is 2. The summed E-state index contributed by atoms with van der Waals surface area (Å²) in [5, 5.41) is 9.29. The first-order chi connectivity index (χ1) is 20.2. The minimum atomic E-state index is -5.43. The SMILES string of the molecule is [2H]C([2H])([2H])c1nnc(-c2cc(C(C)(C)C)c3ccccc3c2)cc1-c1c(C(F)(F)F)cc(C([2H])([2H])C(C)(C)C)cc1C(F)(F)F. The van der Waals surface area contributed by atoms with E-state index in [1.165, 1.54) is 20.8 Å². The lowest BCUT2D eigenvalue weighted by Gasteiger charge is -2.25. The number of rotatable bonds is 3. The zero-order chi connectivity index (χ0) is 34.1. The molecule has 0 spiro atoms. The van der Waals surface area contributed by atoms with Gasteiger partial charge in [-0.3, -0.25) is 0 Å². The van der Waals surface area contributed by atoms with Gasteiger partial charge in [0.05, 0.1) is 22.5 Å². The molecule has 4 rings (SSSR count). The van der Waals surface area contributed by atoms with Crippen LogP contribution >= 0.6 is 0 Å². The van der Waals surface area contributed by atoms with E-state index in [0.717, 1.165) is 22.4 Å². The molecule has 0 fully saturated rings. The number of benzene rings is 3. The third-order valence-corrected chi connectivity index (χ3v) is 6.30. The molecule has 3 aromatic carbocycles. The molecule has 8 heteroatoms. The summed E-state index contributed by atoms with van der Waals surface area (Å²) >= 11 is 0. The van der Waals surface area contributed by atoms with E-state index in [4.69, 9.17) is 6.85 Å². The Morgan fingerprint density at radius 3 is 1.88 bits per heavy atom. The van der Waals surface area contributed by atoms with Crippen LogP contribution in [0.25, 0.3) is 33.2 Å². The smallest absolute Gasteiger partial charge is 0.166 e. The van der Waals surface area contributed by atoms with Gasteiger partial charge in [-0.1, -0.05) is 65.8 Å². The molecule has 0 saturated carbocycles. The molecule has 40 heavy (non-hydrogen) atoms. The number of fused-ring (bicyclic) bond motifs is 1. The van der Waals surface area contributed by atoms with Crippen molar-refractivity contribution in [1.29, 1.82) is 0 Å². The topological polar surface area (TPSA) is 25.8 Å². The van der Waals surface area contributed by atoms with Crippen LogP contribution in [-0.2, 0) is 24.1 Å². The number of alkyl halides is 6. The molecular weight excluding hydrogens is 526 g/mol. The third-order valence-electron chi connectivity index (χ3n) is 6.30. The van der Waals surface area contributed by atoms with Crippen LogP contribution in [0.3, 0.4) is 0 Å². The molecule has 1 aromatic heterocycles.